The zero-order chi connectivity index (χ0) is 19.5. The molecule has 0 aromatic carbocycles. The third-order valence-corrected chi connectivity index (χ3v) is 7.52. The van der Waals surface area contributed by atoms with E-state index >= 15 is 0 Å². The fourth-order valence-corrected chi connectivity index (χ4v) is 6.57. The molecule has 4 heteroatoms. The van der Waals surface area contributed by atoms with Gasteiger partial charge in [-0.3, -0.25) is 0 Å². The number of carbonyl (C=O) groups excluding carboxylic acids is 2. The molecule has 28 heavy (non-hydrogen) atoms. The highest BCUT2D eigenvalue weighted by molar-refractivity contribution is 6.00. The highest BCUT2D eigenvalue weighted by Crippen LogP contribution is 2.71. The molecule has 6 rings (SSSR count). The zero-order valence-electron chi connectivity index (χ0n) is 16.8. The van der Waals surface area contributed by atoms with Crippen LogP contribution in [0.25, 0.3) is 0 Å². The lowest BCUT2D eigenvalue weighted by molar-refractivity contribution is -0.176. The third-order valence-electron chi connectivity index (χ3n) is 7.52. The average Bonchev–Trinajstić information content (AvgIpc) is 3.17. The first-order valence-corrected chi connectivity index (χ1v) is 10.9. The van der Waals surface area contributed by atoms with Gasteiger partial charge in [-0.1, -0.05) is 44.9 Å². The van der Waals surface area contributed by atoms with E-state index in [0.29, 0.717) is 0 Å². The van der Waals surface area contributed by atoms with Crippen molar-refractivity contribution in [1.29, 1.82) is 0 Å². The topological polar surface area (TPSA) is 52.6 Å². The molecule has 4 atom stereocenters. The van der Waals surface area contributed by atoms with E-state index in [1.807, 2.05) is 6.08 Å². The zero-order valence-corrected chi connectivity index (χ0v) is 16.8. The quantitative estimate of drug-likeness (QED) is 0.650. The Morgan fingerprint density at radius 3 is 2.86 bits per heavy atom. The van der Waals surface area contributed by atoms with Crippen molar-refractivity contribution in [3.63, 3.8) is 0 Å². The van der Waals surface area contributed by atoms with Gasteiger partial charge in [0.05, 0.1) is 11.1 Å². The molecule has 2 fully saturated rings. The van der Waals surface area contributed by atoms with Gasteiger partial charge in [0.2, 0.25) is 0 Å². The number of hydrogen-bond donors (Lipinski definition) is 0. The minimum absolute atomic E-state index is 0.206. The molecule has 2 spiro atoms. The van der Waals surface area contributed by atoms with Gasteiger partial charge >= 0.3 is 11.9 Å². The van der Waals surface area contributed by atoms with Crippen LogP contribution in [0.2, 0.25) is 0 Å². The predicted molar refractivity (Wildman–Crippen MR) is 105 cm³/mol. The van der Waals surface area contributed by atoms with Crippen LogP contribution in [0, 0.1) is 17.3 Å². The molecule has 2 bridgehead atoms. The van der Waals surface area contributed by atoms with Crippen LogP contribution in [-0.4, -0.2) is 17.5 Å². The summed E-state index contributed by atoms with van der Waals surface area (Å²) in [4.78, 5) is 25.9. The predicted octanol–water partition coefficient (Wildman–Crippen LogP) is 4.92. The van der Waals surface area contributed by atoms with Crippen molar-refractivity contribution in [3.8, 4) is 0 Å². The van der Waals surface area contributed by atoms with Crippen LogP contribution in [-0.2, 0) is 19.1 Å². The van der Waals surface area contributed by atoms with Gasteiger partial charge in [-0.2, -0.15) is 0 Å². The summed E-state index contributed by atoms with van der Waals surface area (Å²) in [5.74, 6) is 0.749. The lowest BCUT2D eigenvalue weighted by atomic mass is 9.45. The number of unbranched alkanes of at least 4 members (excludes halogenated alkanes) is 1. The summed E-state index contributed by atoms with van der Waals surface area (Å²) >= 11 is 0. The second-order valence-electron chi connectivity index (χ2n) is 8.79. The van der Waals surface area contributed by atoms with E-state index in [9.17, 15) is 9.59 Å². The van der Waals surface area contributed by atoms with Crippen molar-refractivity contribution < 1.29 is 19.1 Å². The molecule has 2 aliphatic heterocycles. The van der Waals surface area contributed by atoms with Crippen LogP contribution in [0.4, 0.5) is 0 Å². The summed E-state index contributed by atoms with van der Waals surface area (Å²) in [6, 6.07) is 0. The van der Waals surface area contributed by atoms with Crippen molar-refractivity contribution in [2.45, 2.75) is 70.8 Å². The first-order chi connectivity index (χ1) is 13.6. The number of esters is 2. The minimum Gasteiger partial charge on any atom is -0.449 e. The van der Waals surface area contributed by atoms with Crippen molar-refractivity contribution in [2.24, 2.45) is 17.3 Å². The van der Waals surface area contributed by atoms with E-state index in [1.54, 1.807) is 0 Å². The van der Waals surface area contributed by atoms with Crippen molar-refractivity contribution >= 4 is 11.9 Å². The fraction of sp³-hybridized carbons (Fsp3) is 0.583. The van der Waals surface area contributed by atoms with E-state index in [2.05, 4.69) is 32.1 Å². The molecule has 2 heterocycles. The van der Waals surface area contributed by atoms with Crippen molar-refractivity contribution in [2.75, 3.05) is 0 Å². The van der Waals surface area contributed by atoms with E-state index < -0.39 is 11.0 Å². The molecular weight excluding hydrogens is 352 g/mol. The highest BCUT2D eigenvalue weighted by Gasteiger charge is 2.75. The Bertz CT molecular complexity index is 873. The van der Waals surface area contributed by atoms with E-state index in [4.69, 9.17) is 9.47 Å². The molecule has 0 aromatic rings. The molecule has 148 valence electrons. The number of fused-ring (bicyclic) bond motifs is 1. The Kier molecular flexibility index (Phi) is 3.98. The first kappa shape index (κ1) is 18.0. The lowest BCUT2D eigenvalue weighted by Gasteiger charge is -2.59. The summed E-state index contributed by atoms with van der Waals surface area (Å²) < 4.78 is 12.3. The second-order valence-corrected chi connectivity index (χ2v) is 8.79. The Hall–Kier alpha value is -2.10. The lowest BCUT2D eigenvalue weighted by Crippen LogP contribution is -2.63. The Morgan fingerprint density at radius 2 is 2.07 bits per heavy atom. The van der Waals surface area contributed by atoms with Gasteiger partial charge in [-0.25, -0.2) is 9.59 Å². The van der Waals surface area contributed by atoms with Gasteiger partial charge in [0, 0.05) is 5.92 Å². The fourth-order valence-electron chi connectivity index (χ4n) is 6.57. The number of carbonyl (C=O) groups is 2. The summed E-state index contributed by atoms with van der Waals surface area (Å²) in [7, 11) is 0. The van der Waals surface area contributed by atoms with Gasteiger partial charge in [-0.05, 0) is 56.1 Å². The molecule has 4 nitrogen and oxygen atoms in total. The number of rotatable bonds is 4. The molecule has 0 unspecified atom stereocenters. The van der Waals surface area contributed by atoms with Crippen LogP contribution < -0.4 is 0 Å². The number of hydrogen-bond acceptors (Lipinski definition) is 4. The van der Waals surface area contributed by atoms with Gasteiger partial charge in [0.15, 0.2) is 5.60 Å². The SMILES string of the molecule is CCCC=C1OC(=O)C2=C[C@H]3CC[C@@]12[C@]1(OC(=O)C2=C1CCC=C2)[C@H]3CCC. The molecule has 0 N–H and O–H groups in total. The Balaban J connectivity index is 1.80. The van der Waals surface area contributed by atoms with E-state index in [-0.39, 0.29) is 23.8 Å². The highest BCUT2D eigenvalue weighted by atomic mass is 16.6. The van der Waals surface area contributed by atoms with Crippen LogP contribution in [0.3, 0.4) is 0 Å². The van der Waals surface area contributed by atoms with Crippen LogP contribution in [0.15, 0.2) is 46.8 Å². The summed E-state index contributed by atoms with van der Waals surface area (Å²) in [6.07, 6.45) is 15.7. The number of cyclic esters (lactones) is 1. The molecule has 4 aliphatic carbocycles. The number of allylic oxidation sites excluding steroid dienone is 3. The third kappa shape index (κ3) is 1.96. The summed E-state index contributed by atoms with van der Waals surface area (Å²) in [6.45, 7) is 4.31. The molecule has 0 aromatic heterocycles. The largest absolute Gasteiger partial charge is 0.449 e. The minimum atomic E-state index is -0.751. The molecule has 1 saturated heterocycles. The van der Waals surface area contributed by atoms with Gasteiger partial charge in [0.25, 0.3) is 0 Å². The van der Waals surface area contributed by atoms with Gasteiger partial charge < -0.3 is 9.47 Å². The molecule has 0 amide bonds. The van der Waals surface area contributed by atoms with Gasteiger partial charge in [0.1, 0.15) is 11.2 Å². The van der Waals surface area contributed by atoms with E-state index in [1.165, 1.54) is 0 Å². The monoisotopic (exact) mass is 380 g/mol. The number of ether oxygens (including phenoxy) is 2. The maximum Gasteiger partial charge on any atom is 0.340 e. The van der Waals surface area contributed by atoms with Crippen LogP contribution in [0.5, 0.6) is 0 Å². The molecule has 1 saturated carbocycles. The van der Waals surface area contributed by atoms with E-state index in [0.717, 1.165) is 73.8 Å². The molecule has 6 aliphatic rings. The standard InChI is InChI=1S/C24H28O4/c1-3-5-11-20-23-13-12-15(14-19(23)22(26)27-20)17(8-4-2)24(23)18-10-7-6-9-16(18)21(25)28-24/h6,9,11,14-15,17H,3-5,7-8,10,12-13H2,1-2H3/t15-,17+,23+,24+/m1/s1. The smallest absolute Gasteiger partial charge is 0.340 e. The Morgan fingerprint density at radius 1 is 1.21 bits per heavy atom. The van der Waals surface area contributed by atoms with Crippen molar-refractivity contribution in [3.05, 3.63) is 46.8 Å². The van der Waals surface area contributed by atoms with Crippen LogP contribution in [0.1, 0.15) is 65.2 Å². The normalized spacial score (nSPS) is 39.4. The molecular formula is C24H28O4. The molecule has 0 radical (unpaired) electrons. The summed E-state index contributed by atoms with van der Waals surface area (Å²) in [5, 5.41) is 0. The van der Waals surface area contributed by atoms with Gasteiger partial charge in [-0.15, -0.1) is 0 Å². The maximum absolute atomic E-state index is 13.0. The maximum atomic E-state index is 13.0. The first-order valence-electron chi connectivity index (χ1n) is 10.9. The Labute approximate surface area is 166 Å². The van der Waals surface area contributed by atoms with Crippen LogP contribution >= 0.6 is 0 Å². The summed E-state index contributed by atoms with van der Waals surface area (Å²) in [5.41, 5.74) is 1.21. The van der Waals surface area contributed by atoms with Crippen molar-refractivity contribution in [1.82, 2.24) is 0 Å². The average molecular weight is 380 g/mol. The second kappa shape index (κ2) is 6.20.